The van der Waals surface area contributed by atoms with Crippen LogP contribution in [0.3, 0.4) is 0 Å². The smallest absolute Gasteiger partial charge is 0.333 e. The zero-order chi connectivity index (χ0) is 20.4. The number of urea groups is 1. The van der Waals surface area contributed by atoms with E-state index >= 15 is 0 Å². The summed E-state index contributed by atoms with van der Waals surface area (Å²) < 4.78 is 27.9. The Morgan fingerprint density at radius 1 is 1.22 bits per heavy atom. The first-order valence-corrected chi connectivity index (χ1v) is 9.77. The molecule has 11 heteroatoms. The van der Waals surface area contributed by atoms with E-state index in [0.717, 1.165) is 0 Å². The van der Waals surface area contributed by atoms with Gasteiger partial charge in [0.2, 0.25) is 0 Å². The van der Waals surface area contributed by atoms with E-state index < -0.39 is 22.0 Å². The molecule has 0 saturated carbocycles. The molecule has 2 rings (SSSR count). The lowest BCUT2D eigenvalue weighted by atomic mass is 10.1. The topological polar surface area (TPSA) is 113 Å². The summed E-state index contributed by atoms with van der Waals surface area (Å²) in [6, 6.07) is 4.51. The summed E-state index contributed by atoms with van der Waals surface area (Å²) in [6.45, 7) is 3.68. The SMILES string of the molecule is CC(C)n1ccc(S(=O)(=O)NC(=O)Nc2ccc(Cl)cc2C(=O)N(C)C)n1. The first kappa shape index (κ1) is 20.7. The van der Waals surface area contributed by atoms with Gasteiger partial charge in [-0.2, -0.15) is 13.5 Å². The van der Waals surface area contributed by atoms with Crippen molar-refractivity contribution in [1.29, 1.82) is 0 Å². The van der Waals surface area contributed by atoms with E-state index in [-0.39, 0.29) is 22.3 Å². The molecule has 146 valence electrons. The average Bonchev–Trinajstić information content (AvgIpc) is 3.06. The molecule has 1 heterocycles. The lowest BCUT2D eigenvalue weighted by molar-refractivity contribution is 0.0828. The quantitative estimate of drug-likeness (QED) is 0.780. The Morgan fingerprint density at radius 3 is 2.44 bits per heavy atom. The number of sulfonamides is 1. The van der Waals surface area contributed by atoms with Crippen molar-refractivity contribution in [3.05, 3.63) is 41.0 Å². The highest BCUT2D eigenvalue weighted by atomic mass is 35.5. The molecule has 0 atom stereocenters. The maximum Gasteiger partial charge on any atom is 0.333 e. The van der Waals surface area contributed by atoms with Crippen LogP contribution in [0.15, 0.2) is 35.5 Å². The van der Waals surface area contributed by atoms with Crippen LogP contribution in [-0.2, 0) is 10.0 Å². The Balaban J connectivity index is 2.21. The molecule has 0 bridgehead atoms. The minimum atomic E-state index is -4.17. The lowest BCUT2D eigenvalue weighted by Crippen LogP contribution is -2.35. The average molecular weight is 414 g/mol. The molecule has 2 aromatic rings. The molecule has 2 N–H and O–H groups in total. The van der Waals surface area contributed by atoms with Crippen LogP contribution in [0.1, 0.15) is 30.2 Å². The number of nitrogens with zero attached hydrogens (tertiary/aromatic N) is 3. The van der Waals surface area contributed by atoms with Gasteiger partial charge in [-0.15, -0.1) is 0 Å². The van der Waals surface area contributed by atoms with E-state index in [1.54, 1.807) is 14.1 Å². The fourth-order valence-corrected chi connectivity index (χ4v) is 3.13. The van der Waals surface area contributed by atoms with Crippen molar-refractivity contribution in [2.45, 2.75) is 24.9 Å². The number of carbonyl (C=O) groups excluding carboxylic acids is 2. The highest BCUT2D eigenvalue weighted by Crippen LogP contribution is 2.22. The van der Waals surface area contributed by atoms with E-state index in [2.05, 4.69) is 10.4 Å². The Bertz CT molecular complexity index is 969. The molecule has 0 saturated heterocycles. The molecule has 27 heavy (non-hydrogen) atoms. The number of amides is 3. The van der Waals surface area contributed by atoms with E-state index in [1.807, 2.05) is 18.6 Å². The number of nitrogens with one attached hydrogen (secondary N) is 2. The lowest BCUT2D eigenvalue weighted by Gasteiger charge is -2.15. The number of benzene rings is 1. The van der Waals surface area contributed by atoms with Gasteiger partial charge < -0.3 is 10.2 Å². The number of halogens is 1. The molecule has 0 aliphatic rings. The van der Waals surface area contributed by atoms with Gasteiger partial charge in [0, 0.05) is 31.4 Å². The van der Waals surface area contributed by atoms with Gasteiger partial charge in [0.05, 0.1) is 11.3 Å². The van der Waals surface area contributed by atoms with Gasteiger partial charge in [0.1, 0.15) is 0 Å². The summed E-state index contributed by atoms with van der Waals surface area (Å²) in [6.07, 6.45) is 1.50. The van der Waals surface area contributed by atoms with E-state index in [0.29, 0.717) is 5.02 Å². The van der Waals surface area contributed by atoms with Crippen LogP contribution in [0.25, 0.3) is 0 Å². The van der Waals surface area contributed by atoms with Gasteiger partial charge in [0.25, 0.3) is 15.9 Å². The third-order valence-electron chi connectivity index (χ3n) is 3.48. The van der Waals surface area contributed by atoms with Crippen molar-refractivity contribution in [3.8, 4) is 0 Å². The van der Waals surface area contributed by atoms with Gasteiger partial charge in [-0.05, 0) is 38.1 Å². The fraction of sp³-hybridized carbons (Fsp3) is 0.312. The number of rotatable bonds is 5. The van der Waals surface area contributed by atoms with Crippen molar-refractivity contribution >= 4 is 39.2 Å². The van der Waals surface area contributed by atoms with Crippen LogP contribution >= 0.6 is 11.6 Å². The second kappa shape index (κ2) is 7.97. The summed E-state index contributed by atoms with van der Waals surface area (Å²) in [4.78, 5) is 25.7. The molecular formula is C16H20ClN5O4S. The monoisotopic (exact) mass is 413 g/mol. The molecule has 1 aromatic heterocycles. The minimum Gasteiger partial charge on any atom is -0.345 e. The van der Waals surface area contributed by atoms with E-state index in [1.165, 1.54) is 40.0 Å². The highest BCUT2D eigenvalue weighted by molar-refractivity contribution is 7.90. The summed E-state index contributed by atoms with van der Waals surface area (Å²) >= 11 is 5.91. The summed E-state index contributed by atoms with van der Waals surface area (Å²) in [5, 5.41) is 6.31. The fourth-order valence-electron chi connectivity index (χ4n) is 2.12. The van der Waals surface area contributed by atoms with Crippen molar-refractivity contribution in [1.82, 2.24) is 19.4 Å². The second-order valence-corrected chi connectivity index (χ2v) is 8.24. The standard InChI is InChI=1S/C16H20ClN5O4S/c1-10(2)22-8-7-14(19-22)27(25,26)20-16(24)18-13-6-5-11(17)9-12(13)15(23)21(3)4/h5-10H,1-4H3,(H2,18,20,24). The van der Waals surface area contributed by atoms with Gasteiger partial charge in [-0.25, -0.2) is 9.52 Å². The van der Waals surface area contributed by atoms with Crippen LogP contribution in [0.4, 0.5) is 10.5 Å². The maximum atomic E-state index is 12.3. The molecular weight excluding hydrogens is 394 g/mol. The molecule has 3 amide bonds. The number of hydrogen-bond donors (Lipinski definition) is 2. The molecule has 0 unspecified atom stereocenters. The molecule has 0 aliphatic carbocycles. The van der Waals surface area contributed by atoms with Gasteiger partial charge in [-0.1, -0.05) is 11.6 Å². The van der Waals surface area contributed by atoms with Crippen LogP contribution in [0.5, 0.6) is 0 Å². The van der Waals surface area contributed by atoms with Crippen LogP contribution in [-0.4, -0.2) is 49.1 Å². The van der Waals surface area contributed by atoms with Crippen molar-refractivity contribution < 1.29 is 18.0 Å². The summed E-state index contributed by atoms with van der Waals surface area (Å²) in [5.74, 6) is -0.397. The maximum absolute atomic E-state index is 12.3. The van der Waals surface area contributed by atoms with Crippen LogP contribution in [0, 0.1) is 0 Å². The van der Waals surface area contributed by atoms with E-state index in [9.17, 15) is 18.0 Å². The molecule has 0 aliphatic heterocycles. The van der Waals surface area contributed by atoms with Crippen LogP contribution < -0.4 is 10.0 Å². The normalized spacial score (nSPS) is 11.3. The third kappa shape index (κ3) is 4.98. The predicted molar refractivity (Wildman–Crippen MR) is 101 cm³/mol. The Labute approximate surface area is 162 Å². The largest absolute Gasteiger partial charge is 0.345 e. The number of carbonyl (C=O) groups is 2. The molecule has 0 fully saturated rings. The number of hydrogen-bond acceptors (Lipinski definition) is 5. The van der Waals surface area contributed by atoms with E-state index in [4.69, 9.17) is 11.6 Å². The first-order valence-electron chi connectivity index (χ1n) is 7.91. The Kier molecular flexibility index (Phi) is 6.11. The third-order valence-corrected chi connectivity index (χ3v) is 4.94. The van der Waals surface area contributed by atoms with Crippen molar-refractivity contribution in [2.75, 3.05) is 19.4 Å². The molecule has 0 spiro atoms. The molecule has 0 radical (unpaired) electrons. The minimum absolute atomic E-state index is 0.0311. The zero-order valence-corrected chi connectivity index (χ0v) is 16.8. The molecule has 9 nitrogen and oxygen atoms in total. The number of anilines is 1. The zero-order valence-electron chi connectivity index (χ0n) is 15.2. The molecule has 1 aromatic carbocycles. The number of aromatic nitrogens is 2. The van der Waals surface area contributed by atoms with Gasteiger partial charge in [-0.3, -0.25) is 9.48 Å². The summed E-state index contributed by atoms with van der Waals surface area (Å²) in [5.41, 5.74) is 0.252. The predicted octanol–water partition coefficient (Wildman–Crippen LogP) is 2.33. The van der Waals surface area contributed by atoms with Crippen molar-refractivity contribution in [2.24, 2.45) is 0 Å². The second-order valence-electron chi connectivity index (χ2n) is 6.18. The Hall–Kier alpha value is -2.59. The van der Waals surface area contributed by atoms with Gasteiger partial charge >= 0.3 is 6.03 Å². The van der Waals surface area contributed by atoms with Crippen molar-refractivity contribution in [3.63, 3.8) is 0 Å². The van der Waals surface area contributed by atoms with Crippen LogP contribution in [0.2, 0.25) is 5.02 Å². The first-order chi connectivity index (χ1) is 12.5. The Morgan fingerprint density at radius 2 is 1.89 bits per heavy atom. The van der Waals surface area contributed by atoms with Gasteiger partial charge in [0.15, 0.2) is 5.03 Å². The summed E-state index contributed by atoms with van der Waals surface area (Å²) in [7, 11) is -1.08. The highest BCUT2D eigenvalue weighted by Gasteiger charge is 2.22.